The first kappa shape index (κ1) is 29.6. The van der Waals surface area contributed by atoms with E-state index in [1.54, 1.807) is 23.5 Å². The first-order chi connectivity index (χ1) is 19.1. The summed E-state index contributed by atoms with van der Waals surface area (Å²) in [5, 5.41) is 3.10. The number of carbonyl (C=O) groups excluding carboxylic acids is 1. The predicted molar refractivity (Wildman–Crippen MR) is 161 cm³/mol. The van der Waals surface area contributed by atoms with Crippen molar-refractivity contribution in [3.05, 3.63) is 100 Å². The minimum absolute atomic E-state index is 0.0666. The van der Waals surface area contributed by atoms with Gasteiger partial charge in [0.1, 0.15) is 0 Å². The molecule has 2 heterocycles. The van der Waals surface area contributed by atoms with E-state index in [1.807, 2.05) is 36.1 Å². The van der Waals surface area contributed by atoms with Gasteiger partial charge in [-0.1, -0.05) is 66.2 Å². The molecule has 9 heteroatoms. The van der Waals surface area contributed by atoms with E-state index in [1.165, 1.54) is 17.7 Å². The third kappa shape index (κ3) is 8.08. The van der Waals surface area contributed by atoms with Crippen LogP contribution in [0.15, 0.2) is 89.1 Å². The minimum Gasteiger partial charge on any atom is -0.312 e. The van der Waals surface area contributed by atoms with Gasteiger partial charge in [-0.25, -0.2) is 4.98 Å². The second-order valence-corrected chi connectivity index (χ2v) is 12.6. The minimum atomic E-state index is -4.02. The van der Waals surface area contributed by atoms with Crippen LogP contribution >= 0.6 is 11.3 Å². The van der Waals surface area contributed by atoms with Crippen LogP contribution in [0, 0.1) is 12.8 Å². The van der Waals surface area contributed by atoms with Crippen LogP contribution in [0.3, 0.4) is 0 Å². The lowest BCUT2D eigenvalue weighted by Gasteiger charge is -2.35. The average Bonchev–Trinajstić information content (AvgIpc) is 3.41. The van der Waals surface area contributed by atoms with Crippen molar-refractivity contribution in [1.82, 2.24) is 9.88 Å². The molecule has 0 saturated heterocycles. The fourth-order valence-corrected chi connectivity index (χ4v) is 6.07. The number of anilines is 1. The second kappa shape index (κ2) is 13.3. The second-order valence-electron chi connectivity index (χ2n) is 10.2. The van der Waals surface area contributed by atoms with Crippen LogP contribution in [0.5, 0.6) is 0 Å². The summed E-state index contributed by atoms with van der Waals surface area (Å²) in [6.07, 6.45) is 2.21. The molecule has 0 radical (unpaired) electrons. The van der Waals surface area contributed by atoms with Crippen molar-refractivity contribution in [2.75, 3.05) is 32.1 Å². The molecule has 4 aromatic rings. The van der Waals surface area contributed by atoms with Crippen molar-refractivity contribution < 1.29 is 17.8 Å². The topological polar surface area (TPSA) is 90.8 Å². The summed E-state index contributed by atoms with van der Waals surface area (Å²) in [6.45, 7) is 3.62. The lowest BCUT2D eigenvalue weighted by molar-refractivity contribution is -0.118. The molecule has 7 nitrogen and oxygen atoms in total. The van der Waals surface area contributed by atoms with Crippen molar-refractivity contribution in [2.45, 2.75) is 31.1 Å². The third-order valence-electron chi connectivity index (χ3n) is 6.65. The zero-order chi connectivity index (χ0) is 28.7. The zero-order valence-corrected chi connectivity index (χ0v) is 24.7. The van der Waals surface area contributed by atoms with Crippen molar-refractivity contribution in [3.63, 3.8) is 0 Å². The Morgan fingerprint density at radius 3 is 2.38 bits per heavy atom. The average molecular weight is 578 g/mol. The highest BCUT2D eigenvalue weighted by Crippen LogP contribution is 2.31. The van der Waals surface area contributed by atoms with E-state index in [2.05, 4.69) is 54.7 Å². The molecule has 210 valence electrons. The molecule has 0 fully saturated rings. The van der Waals surface area contributed by atoms with Crippen LogP contribution in [-0.2, 0) is 27.8 Å². The third-order valence-corrected chi connectivity index (χ3v) is 8.43. The molecule has 1 N–H and O–H groups in total. The maximum absolute atomic E-state index is 13.1. The van der Waals surface area contributed by atoms with E-state index in [0.29, 0.717) is 18.8 Å². The number of nitrogens with zero attached hydrogens (tertiary/aromatic N) is 3. The largest absolute Gasteiger partial charge is 0.312 e. The van der Waals surface area contributed by atoms with Gasteiger partial charge in [0.15, 0.2) is 0 Å². The Morgan fingerprint density at radius 1 is 1.02 bits per heavy atom. The van der Waals surface area contributed by atoms with Crippen LogP contribution < -0.4 is 4.90 Å². The van der Waals surface area contributed by atoms with Crippen molar-refractivity contribution in [1.29, 1.82) is 0 Å². The number of benzene rings is 3. The Morgan fingerprint density at radius 2 is 1.70 bits per heavy atom. The molecule has 1 aliphatic rings. The molecule has 0 bridgehead atoms. The fourth-order valence-electron chi connectivity index (χ4n) is 4.78. The number of hydrogen-bond donors (Lipinski definition) is 1. The number of aryl methyl sites for hydroxylation is 2. The van der Waals surface area contributed by atoms with Crippen molar-refractivity contribution in [3.8, 4) is 11.3 Å². The molecule has 1 aromatic heterocycles. The number of thiazole rings is 1. The Bertz CT molecular complexity index is 1520. The first-order valence-electron chi connectivity index (χ1n) is 13.2. The summed E-state index contributed by atoms with van der Waals surface area (Å²) in [6, 6.07) is 24.5. The highest BCUT2D eigenvalue weighted by atomic mass is 32.2. The molecule has 1 atom stereocenters. The highest BCUT2D eigenvalue weighted by Gasteiger charge is 2.28. The molecule has 3 aromatic carbocycles. The monoisotopic (exact) mass is 577 g/mol. The number of aromatic nitrogens is 1. The van der Waals surface area contributed by atoms with E-state index in [9.17, 15) is 13.2 Å². The fraction of sp³-hybridized carbons (Fsp3) is 0.290. The van der Waals surface area contributed by atoms with Gasteiger partial charge >= 0.3 is 0 Å². The summed E-state index contributed by atoms with van der Waals surface area (Å²) in [4.78, 5) is 22.0. The number of para-hydroxylation sites is 1. The van der Waals surface area contributed by atoms with Crippen LogP contribution in [0.25, 0.3) is 11.3 Å². The number of carbonyl (C=O) groups is 1. The molecule has 0 aliphatic carbocycles. The number of amides is 1. The smallest absolute Gasteiger partial charge is 0.294 e. The highest BCUT2D eigenvalue weighted by molar-refractivity contribution is 7.85. The molecular weight excluding hydrogens is 542 g/mol. The van der Waals surface area contributed by atoms with Gasteiger partial charge in [0, 0.05) is 42.6 Å². The molecule has 0 saturated carbocycles. The van der Waals surface area contributed by atoms with Crippen LogP contribution in [0.4, 0.5) is 5.69 Å². The van der Waals surface area contributed by atoms with Gasteiger partial charge < -0.3 is 9.80 Å². The molecule has 1 amide bonds. The summed E-state index contributed by atoms with van der Waals surface area (Å²) >= 11 is 1.64. The van der Waals surface area contributed by atoms with Gasteiger partial charge in [0.2, 0.25) is 5.91 Å². The summed E-state index contributed by atoms with van der Waals surface area (Å²) in [7, 11) is 0.174. The number of fused-ring (bicyclic) bond motifs is 1. The molecule has 40 heavy (non-hydrogen) atoms. The number of hydrogen-bond acceptors (Lipinski definition) is 6. The zero-order valence-electron chi connectivity index (χ0n) is 23.0. The standard InChI is InChI=1S/C24H27N3OS.C7H8O3S/c1-26(2)15-18-14-20-10-6-7-11-22(20)27(16-18)24(28)13-12-23-25-21(17-29-23)19-8-4-3-5-9-19;1-6-2-4-7(5-3-6)11(8,9)10/h3-11,17-18H,12-16H2,1-2H3;2-5H,1H3,(H,8,9,10). The van der Waals surface area contributed by atoms with E-state index >= 15 is 0 Å². The maximum Gasteiger partial charge on any atom is 0.294 e. The van der Waals surface area contributed by atoms with Crippen molar-refractivity contribution in [2.24, 2.45) is 5.92 Å². The molecular formula is C31H35N3O4S2. The molecule has 0 spiro atoms. The van der Waals surface area contributed by atoms with E-state index < -0.39 is 10.1 Å². The summed E-state index contributed by atoms with van der Waals surface area (Å²) in [5.41, 5.74) is 5.43. The van der Waals surface area contributed by atoms with E-state index in [-0.39, 0.29) is 10.8 Å². The van der Waals surface area contributed by atoms with Gasteiger partial charge in [-0.05, 0) is 57.1 Å². The molecule has 1 unspecified atom stereocenters. The Labute approximate surface area is 240 Å². The summed E-state index contributed by atoms with van der Waals surface area (Å²) in [5.74, 6) is 0.658. The van der Waals surface area contributed by atoms with Gasteiger partial charge in [0.05, 0.1) is 15.6 Å². The first-order valence-corrected chi connectivity index (χ1v) is 15.5. The normalized spacial score (nSPS) is 14.8. The van der Waals surface area contributed by atoms with Crippen LogP contribution in [0.1, 0.15) is 22.6 Å². The lowest BCUT2D eigenvalue weighted by Crippen LogP contribution is -2.43. The quantitative estimate of drug-likeness (QED) is 0.281. The molecule has 5 rings (SSSR count). The van der Waals surface area contributed by atoms with Crippen LogP contribution in [-0.4, -0.2) is 55.9 Å². The summed E-state index contributed by atoms with van der Waals surface area (Å²) < 4.78 is 29.6. The van der Waals surface area contributed by atoms with Gasteiger partial charge in [0.25, 0.3) is 10.1 Å². The van der Waals surface area contributed by atoms with Gasteiger partial charge in [-0.2, -0.15) is 8.42 Å². The maximum atomic E-state index is 13.1. The van der Waals surface area contributed by atoms with Gasteiger partial charge in [-0.15, -0.1) is 11.3 Å². The molecule has 1 aliphatic heterocycles. The Balaban J connectivity index is 0.000000283. The van der Waals surface area contributed by atoms with E-state index in [0.717, 1.165) is 47.0 Å². The predicted octanol–water partition coefficient (Wildman–Crippen LogP) is 5.75. The number of rotatable bonds is 7. The SMILES string of the molecule is CN(C)CC1Cc2ccccc2N(C(=O)CCc2nc(-c3ccccc3)cs2)C1.Cc1ccc(S(=O)(=O)O)cc1. The van der Waals surface area contributed by atoms with Crippen LogP contribution in [0.2, 0.25) is 0 Å². The lowest BCUT2D eigenvalue weighted by atomic mass is 9.91. The van der Waals surface area contributed by atoms with Crippen molar-refractivity contribution >= 4 is 33.0 Å². The van der Waals surface area contributed by atoms with Gasteiger partial charge in [-0.3, -0.25) is 9.35 Å². The Kier molecular flexibility index (Phi) is 9.86. The Hall–Kier alpha value is -3.37. The van der Waals surface area contributed by atoms with E-state index in [4.69, 9.17) is 9.54 Å².